The van der Waals surface area contributed by atoms with E-state index in [1.54, 1.807) is 20.8 Å². The maximum absolute atomic E-state index is 12.2. The molecule has 0 aliphatic heterocycles. The van der Waals surface area contributed by atoms with Crippen molar-refractivity contribution in [2.75, 3.05) is 6.54 Å². The minimum Gasteiger partial charge on any atom is -0.481 e. The Bertz CT molecular complexity index is 742. The fraction of sp³-hybridized carbons (Fsp3) is 0.333. The fourth-order valence-electron chi connectivity index (χ4n) is 2.11. The molecular formula is C18H21N3O3. The molecule has 1 aromatic heterocycles. The molecule has 0 radical (unpaired) electrons. The SMILES string of the molecule is Cc1nc(-c2ccccc2)ncc1C(=O)NCCC(C)(C)C(=O)O. The number of rotatable bonds is 6. The van der Waals surface area contributed by atoms with Crippen LogP contribution in [0.15, 0.2) is 36.5 Å². The van der Waals surface area contributed by atoms with Gasteiger partial charge in [0.15, 0.2) is 5.82 Å². The molecule has 2 N–H and O–H groups in total. The lowest BCUT2D eigenvalue weighted by Gasteiger charge is -2.19. The predicted octanol–water partition coefficient (Wildman–Crippen LogP) is 2.68. The topological polar surface area (TPSA) is 92.2 Å². The summed E-state index contributed by atoms with van der Waals surface area (Å²) >= 11 is 0. The summed E-state index contributed by atoms with van der Waals surface area (Å²) in [5, 5.41) is 11.8. The van der Waals surface area contributed by atoms with Crippen LogP contribution in [0.5, 0.6) is 0 Å². The zero-order chi connectivity index (χ0) is 17.7. The van der Waals surface area contributed by atoms with Gasteiger partial charge >= 0.3 is 5.97 Å². The number of carbonyl (C=O) groups is 2. The van der Waals surface area contributed by atoms with Crippen LogP contribution >= 0.6 is 0 Å². The monoisotopic (exact) mass is 327 g/mol. The average molecular weight is 327 g/mol. The van der Waals surface area contributed by atoms with Crippen LogP contribution in [0.3, 0.4) is 0 Å². The van der Waals surface area contributed by atoms with Crippen LogP contribution in [0.1, 0.15) is 36.3 Å². The molecule has 24 heavy (non-hydrogen) atoms. The summed E-state index contributed by atoms with van der Waals surface area (Å²) in [4.78, 5) is 31.9. The first-order valence-corrected chi connectivity index (χ1v) is 7.72. The standard InChI is InChI=1S/C18H21N3O3/c1-12-14(16(22)19-10-9-18(2,3)17(23)24)11-20-15(21-12)13-7-5-4-6-8-13/h4-8,11H,9-10H2,1-3H3,(H,19,22)(H,23,24). The molecule has 0 aliphatic rings. The number of carboxylic acids is 1. The van der Waals surface area contributed by atoms with Crippen molar-refractivity contribution in [1.82, 2.24) is 15.3 Å². The largest absolute Gasteiger partial charge is 0.481 e. The van der Waals surface area contributed by atoms with Gasteiger partial charge in [0.25, 0.3) is 5.91 Å². The molecule has 1 heterocycles. The van der Waals surface area contributed by atoms with Crippen molar-refractivity contribution in [1.29, 1.82) is 0 Å². The van der Waals surface area contributed by atoms with Crippen LogP contribution in [0.4, 0.5) is 0 Å². The third kappa shape index (κ3) is 4.16. The number of benzene rings is 1. The molecule has 0 saturated carbocycles. The molecule has 0 fully saturated rings. The number of nitrogens with one attached hydrogen (secondary N) is 1. The minimum absolute atomic E-state index is 0.276. The van der Waals surface area contributed by atoms with Crippen molar-refractivity contribution in [3.63, 3.8) is 0 Å². The van der Waals surface area contributed by atoms with Crippen molar-refractivity contribution in [2.24, 2.45) is 5.41 Å². The molecule has 6 heteroatoms. The van der Waals surface area contributed by atoms with E-state index < -0.39 is 11.4 Å². The van der Waals surface area contributed by atoms with E-state index in [1.807, 2.05) is 30.3 Å². The van der Waals surface area contributed by atoms with Crippen LogP contribution < -0.4 is 5.32 Å². The van der Waals surface area contributed by atoms with Crippen molar-refractivity contribution in [3.8, 4) is 11.4 Å². The van der Waals surface area contributed by atoms with E-state index in [2.05, 4.69) is 15.3 Å². The first-order valence-electron chi connectivity index (χ1n) is 7.72. The van der Waals surface area contributed by atoms with Crippen LogP contribution in [0.2, 0.25) is 0 Å². The molecule has 0 atom stereocenters. The second-order valence-electron chi connectivity index (χ2n) is 6.25. The van der Waals surface area contributed by atoms with Crippen LogP contribution in [-0.4, -0.2) is 33.5 Å². The Morgan fingerprint density at radius 3 is 2.46 bits per heavy atom. The van der Waals surface area contributed by atoms with Crippen molar-refractivity contribution >= 4 is 11.9 Å². The molecule has 0 bridgehead atoms. The van der Waals surface area contributed by atoms with E-state index in [4.69, 9.17) is 5.11 Å². The number of aromatic nitrogens is 2. The summed E-state index contributed by atoms with van der Waals surface area (Å²) in [6.45, 7) is 5.29. The number of hydrogen-bond donors (Lipinski definition) is 2. The zero-order valence-electron chi connectivity index (χ0n) is 14.0. The fourth-order valence-corrected chi connectivity index (χ4v) is 2.11. The van der Waals surface area contributed by atoms with Gasteiger partial charge in [-0.25, -0.2) is 9.97 Å². The molecule has 126 valence electrons. The van der Waals surface area contributed by atoms with Crippen LogP contribution in [0.25, 0.3) is 11.4 Å². The molecule has 1 amide bonds. The van der Waals surface area contributed by atoms with Gasteiger partial charge < -0.3 is 10.4 Å². The van der Waals surface area contributed by atoms with Gasteiger partial charge in [0.1, 0.15) is 0 Å². The van der Waals surface area contributed by atoms with E-state index in [1.165, 1.54) is 6.20 Å². The highest BCUT2D eigenvalue weighted by Crippen LogP contribution is 2.19. The molecule has 1 aromatic carbocycles. The number of nitrogens with zero attached hydrogens (tertiary/aromatic N) is 2. The lowest BCUT2D eigenvalue weighted by molar-refractivity contribution is -0.147. The van der Waals surface area contributed by atoms with Gasteiger partial charge in [-0.05, 0) is 27.2 Å². The maximum atomic E-state index is 12.2. The van der Waals surface area contributed by atoms with Gasteiger partial charge in [-0.15, -0.1) is 0 Å². The summed E-state index contributed by atoms with van der Waals surface area (Å²) in [5.74, 6) is -0.617. The first kappa shape index (κ1) is 17.6. The highest BCUT2D eigenvalue weighted by atomic mass is 16.4. The molecule has 2 aromatic rings. The molecule has 0 saturated heterocycles. The van der Waals surface area contributed by atoms with Crippen molar-refractivity contribution in [2.45, 2.75) is 27.2 Å². The smallest absolute Gasteiger partial charge is 0.309 e. The van der Waals surface area contributed by atoms with Crippen molar-refractivity contribution < 1.29 is 14.7 Å². The van der Waals surface area contributed by atoms with E-state index in [0.29, 0.717) is 23.5 Å². The molecule has 6 nitrogen and oxygen atoms in total. The lowest BCUT2D eigenvalue weighted by atomic mass is 9.90. The van der Waals surface area contributed by atoms with Gasteiger partial charge in [0.2, 0.25) is 0 Å². The highest BCUT2D eigenvalue weighted by Gasteiger charge is 2.26. The van der Waals surface area contributed by atoms with E-state index in [0.717, 1.165) is 5.56 Å². The normalized spacial score (nSPS) is 11.1. The van der Waals surface area contributed by atoms with E-state index >= 15 is 0 Å². The molecule has 0 unspecified atom stereocenters. The predicted molar refractivity (Wildman–Crippen MR) is 90.6 cm³/mol. The van der Waals surface area contributed by atoms with Gasteiger partial charge in [0.05, 0.1) is 16.7 Å². The van der Waals surface area contributed by atoms with Crippen LogP contribution in [0, 0.1) is 12.3 Å². The van der Waals surface area contributed by atoms with E-state index in [-0.39, 0.29) is 12.5 Å². The molecule has 0 aliphatic carbocycles. The Hall–Kier alpha value is -2.76. The second-order valence-corrected chi connectivity index (χ2v) is 6.25. The van der Waals surface area contributed by atoms with Crippen molar-refractivity contribution in [3.05, 3.63) is 47.8 Å². The van der Waals surface area contributed by atoms with Gasteiger partial charge in [-0.2, -0.15) is 0 Å². The van der Waals surface area contributed by atoms with Gasteiger partial charge in [-0.1, -0.05) is 30.3 Å². The highest BCUT2D eigenvalue weighted by molar-refractivity contribution is 5.95. The maximum Gasteiger partial charge on any atom is 0.309 e. The number of carbonyl (C=O) groups excluding carboxylic acids is 1. The lowest BCUT2D eigenvalue weighted by Crippen LogP contribution is -2.32. The third-order valence-corrected chi connectivity index (χ3v) is 3.87. The minimum atomic E-state index is -0.886. The zero-order valence-corrected chi connectivity index (χ0v) is 14.0. The third-order valence-electron chi connectivity index (χ3n) is 3.87. The Labute approximate surface area is 141 Å². The number of hydrogen-bond acceptors (Lipinski definition) is 4. The summed E-state index contributed by atoms with van der Waals surface area (Å²) < 4.78 is 0. The van der Waals surface area contributed by atoms with E-state index in [9.17, 15) is 9.59 Å². The Morgan fingerprint density at radius 1 is 1.21 bits per heavy atom. The van der Waals surface area contributed by atoms with Gasteiger partial charge in [0, 0.05) is 18.3 Å². The average Bonchev–Trinajstić information content (AvgIpc) is 2.55. The Balaban J connectivity index is 2.04. The Kier molecular flexibility index (Phi) is 5.28. The number of carboxylic acid groups (broad SMARTS) is 1. The number of aryl methyl sites for hydroxylation is 1. The van der Waals surface area contributed by atoms with Gasteiger partial charge in [-0.3, -0.25) is 9.59 Å². The quantitative estimate of drug-likeness (QED) is 0.851. The molecule has 2 rings (SSSR count). The Morgan fingerprint density at radius 2 is 1.88 bits per heavy atom. The number of amides is 1. The first-order chi connectivity index (χ1) is 11.3. The number of aliphatic carboxylic acids is 1. The summed E-state index contributed by atoms with van der Waals surface area (Å²) in [7, 11) is 0. The molecule has 0 spiro atoms. The summed E-state index contributed by atoms with van der Waals surface area (Å²) in [6.07, 6.45) is 1.85. The summed E-state index contributed by atoms with van der Waals surface area (Å²) in [6, 6.07) is 9.53. The van der Waals surface area contributed by atoms with Crippen LogP contribution in [-0.2, 0) is 4.79 Å². The molecular weight excluding hydrogens is 306 g/mol. The second kappa shape index (κ2) is 7.21. The summed E-state index contributed by atoms with van der Waals surface area (Å²) in [5.41, 5.74) is 0.980.